The molecule has 1 aliphatic carbocycles. The van der Waals surface area contributed by atoms with Gasteiger partial charge in [0.15, 0.2) is 11.5 Å². The predicted molar refractivity (Wildman–Crippen MR) is 170 cm³/mol. The fourth-order valence-corrected chi connectivity index (χ4v) is 6.69. The molecule has 2 atom stereocenters. The number of rotatable bonds is 8. The third-order valence-corrected chi connectivity index (χ3v) is 9.83. The highest BCUT2D eigenvalue weighted by molar-refractivity contribution is 7.85. The van der Waals surface area contributed by atoms with E-state index in [1.807, 2.05) is 26.8 Å². The largest absolute Gasteiger partial charge is 0.423 e. The molecule has 4 aliphatic rings. The quantitative estimate of drug-likeness (QED) is 0.327. The van der Waals surface area contributed by atoms with Crippen LogP contribution in [0.25, 0.3) is 0 Å². The molecule has 232 valence electrons. The van der Waals surface area contributed by atoms with Gasteiger partial charge in [-0.3, -0.25) is 9.11 Å². The van der Waals surface area contributed by atoms with Gasteiger partial charge in [-0.05, 0) is 61.8 Å². The molecule has 0 bridgehead atoms. The monoisotopic (exact) mass is 591 g/mol. The number of aryl methyl sites for hydroxylation is 1. The van der Waals surface area contributed by atoms with Gasteiger partial charge in [0.1, 0.15) is 0 Å². The van der Waals surface area contributed by atoms with Gasteiger partial charge >= 0.3 is 6.04 Å². The molecule has 0 amide bonds. The molecule has 1 aromatic carbocycles. The summed E-state index contributed by atoms with van der Waals surface area (Å²) in [7, 11) is -0.566. The summed E-state index contributed by atoms with van der Waals surface area (Å²) < 4.78 is 34.3. The van der Waals surface area contributed by atoms with Crippen molar-refractivity contribution in [2.45, 2.75) is 73.3 Å². The topological polar surface area (TPSA) is 45.2 Å². The second kappa shape index (κ2) is 16.1. The summed E-state index contributed by atoms with van der Waals surface area (Å²) in [5, 5.41) is 0. The summed E-state index contributed by atoms with van der Waals surface area (Å²) in [6.45, 7) is 25.0. The van der Waals surface area contributed by atoms with Crippen molar-refractivity contribution in [2.24, 2.45) is 11.8 Å². The van der Waals surface area contributed by atoms with E-state index < -0.39 is 16.8 Å². The number of hydrogen-bond acceptors (Lipinski definition) is 6. The second-order valence-corrected chi connectivity index (χ2v) is 13.3. The fraction of sp³-hybridized carbons (Fsp3) is 0.697. The zero-order valence-electron chi connectivity index (χ0n) is 26.4. The Hall–Kier alpha value is -1.90. The lowest BCUT2D eigenvalue weighted by Gasteiger charge is -2.38. The van der Waals surface area contributed by atoms with Crippen LogP contribution in [0.2, 0.25) is 0 Å². The third kappa shape index (κ3) is 10.1. The van der Waals surface area contributed by atoms with Crippen LogP contribution in [0, 0.1) is 18.8 Å². The number of hydrogen-bond donors (Lipinski definition) is 0. The molecule has 5 rings (SSSR count). The Labute approximate surface area is 251 Å². The SMILES string of the molecule is C=C(/C=C(\C(C)CC)C1CCC1)N1CCN(CCN2CCS(=O)CC2)CC1.CC.Cc1ccc2c(c1)OC(C)(F)O2. The van der Waals surface area contributed by atoms with Crippen molar-refractivity contribution in [2.75, 3.05) is 63.9 Å². The van der Waals surface area contributed by atoms with Gasteiger partial charge < -0.3 is 19.3 Å². The number of alkyl halides is 1. The van der Waals surface area contributed by atoms with E-state index in [1.54, 1.807) is 17.7 Å². The number of benzene rings is 1. The fourth-order valence-electron chi connectivity index (χ4n) is 5.56. The molecule has 3 heterocycles. The van der Waals surface area contributed by atoms with Gasteiger partial charge in [-0.25, -0.2) is 0 Å². The maximum atomic E-state index is 13.1. The highest BCUT2D eigenvalue weighted by atomic mass is 32.2. The van der Waals surface area contributed by atoms with Crippen molar-refractivity contribution >= 4 is 10.8 Å². The summed E-state index contributed by atoms with van der Waals surface area (Å²) in [5.74, 6) is 4.16. The van der Waals surface area contributed by atoms with Crippen molar-refractivity contribution in [1.29, 1.82) is 0 Å². The van der Waals surface area contributed by atoms with E-state index in [0.29, 0.717) is 17.4 Å². The van der Waals surface area contributed by atoms with Crippen LogP contribution in [-0.4, -0.2) is 88.8 Å². The lowest BCUT2D eigenvalue weighted by Crippen LogP contribution is -2.49. The molecule has 2 saturated heterocycles. The average molecular weight is 592 g/mol. The van der Waals surface area contributed by atoms with E-state index in [-0.39, 0.29) is 0 Å². The summed E-state index contributed by atoms with van der Waals surface area (Å²) in [4.78, 5) is 7.55. The van der Waals surface area contributed by atoms with Crippen LogP contribution in [0.15, 0.2) is 42.1 Å². The van der Waals surface area contributed by atoms with Crippen LogP contribution >= 0.6 is 0 Å². The standard InChI is InChI=1S/C22H39N3OS.C9H9FO2.C2H6/c1-4-19(2)22(21-6-5-7-21)18-20(3)25-12-10-23(11-13-25)8-9-24-14-16-27(26)17-15-24;1-6-3-4-7-8(5-6)12-9(2,10)11-7;1-2/h18-19,21H,3-17H2,1-2H3;3-5H,1-2H3;1-2H3/b22-18+;;. The molecule has 1 saturated carbocycles. The van der Waals surface area contributed by atoms with Gasteiger partial charge in [0.25, 0.3) is 0 Å². The Morgan fingerprint density at radius 1 is 1.07 bits per heavy atom. The molecule has 0 N–H and O–H groups in total. The number of fused-ring (bicyclic) bond motifs is 1. The minimum Gasteiger partial charge on any atom is -0.423 e. The number of ether oxygens (including phenoxy) is 2. The second-order valence-electron chi connectivity index (χ2n) is 11.6. The van der Waals surface area contributed by atoms with E-state index in [0.717, 1.165) is 75.3 Å². The molecular formula is C33H54FN3O3S. The Morgan fingerprint density at radius 2 is 1.66 bits per heavy atom. The van der Waals surface area contributed by atoms with Crippen molar-refractivity contribution in [3.63, 3.8) is 0 Å². The minimum atomic E-state index is -2.00. The van der Waals surface area contributed by atoms with E-state index in [1.165, 1.54) is 38.3 Å². The van der Waals surface area contributed by atoms with Gasteiger partial charge in [-0.15, -0.1) is 0 Å². The molecule has 8 heteroatoms. The van der Waals surface area contributed by atoms with Gasteiger partial charge in [0.05, 0.1) is 0 Å². The zero-order valence-corrected chi connectivity index (χ0v) is 27.2. The lowest BCUT2D eigenvalue weighted by atomic mass is 9.74. The van der Waals surface area contributed by atoms with Crippen molar-refractivity contribution in [3.8, 4) is 11.5 Å². The summed E-state index contributed by atoms with van der Waals surface area (Å²) in [6.07, 6.45) is 7.81. The highest BCUT2D eigenvalue weighted by Crippen LogP contribution is 2.40. The van der Waals surface area contributed by atoms with Crippen LogP contribution in [0.3, 0.4) is 0 Å². The Morgan fingerprint density at radius 3 is 2.22 bits per heavy atom. The Bertz CT molecular complexity index is 1020. The van der Waals surface area contributed by atoms with E-state index >= 15 is 0 Å². The normalized spacial score (nSPS) is 24.5. The van der Waals surface area contributed by atoms with Crippen LogP contribution in [0.1, 0.15) is 65.9 Å². The van der Waals surface area contributed by atoms with Crippen LogP contribution in [0.4, 0.5) is 4.39 Å². The van der Waals surface area contributed by atoms with Gasteiger partial charge in [-0.1, -0.05) is 52.3 Å². The predicted octanol–water partition coefficient (Wildman–Crippen LogP) is 6.39. The lowest BCUT2D eigenvalue weighted by molar-refractivity contribution is -0.173. The van der Waals surface area contributed by atoms with Gasteiger partial charge in [0.2, 0.25) is 0 Å². The maximum absolute atomic E-state index is 13.1. The van der Waals surface area contributed by atoms with Crippen LogP contribution in [0.5, 0.6) is 11.5 Å². The molecule has 0 radical (unpaired) electrons. The Balaban J connectivity index is 0.000000274. The van der Waals surface area contributed by atoms with Crippen LogP contribution < -0.4 is 9.47 Å². The summed E-state index contributed by atoms with van der Waals surface area (Å²) in [5.41, 5.74) is 3.91. The molecule has 0 aromatic heterocycles. The minimum absolute atomic E-state index is 0.464. The van der Waals surface area contributed by atoms with E-state index in [4.69, 9.17) is 9.47 Å². The zero-order chi connectivity index (χ0) is 30.0. The highest BCUT2D eigenvalue weighted by Gasteiger charge is 2.36. The summed E-state index contributed by atoms with van der Waals surface area (Å²) in [6, 6.07) is 3.30. The number of halogens is 1. The molecule has 2 unspecified atom stereocenters. The first-order valence-electron chi connectivity index (χ1n) is 15.8. The van der Waals surface area contributed by atoms with E-state index in [9.17, 15) is 8.60 Å². The molecule has 1 aromatic rings. The molecule has 6 nitrogen and oxygen atoms in total. The van der Waals surface area contributed by atoms with Crippen LogP contribution in [-0.2, 0) is 10.8 Å². The average Bonchev–Trinajstić information content (AvgIpc) is 3.25. The number of nitrogens with zero attached hydrogens (tertiary/aromatic N) is 3. The smallest absolute Gasteiger partial charge is 0.404 e. The maximum Gasteiger partial charge on any atom is 0.404 e. The molecule has 3 aliphatic heterocycles. The molecular weight excluding hydrogens is 537 g/mol. The molecule has 41 heavy (non-hydrogen) atoms. The van der Waals surface area contributed by atoms with E-state index in [2.05, 4.69) is 41.2 Å². The first-order chi connectivity index (χ1) is 19.6. The number of piperazine rings is 1. The van der Waals surface area contributed by atoms with Crippen molar-refractivity contribution in [1.82, 2.24) is 14.7 Å². The first-order valence-corrected chi connectivity index (χ1v) is 17.2. The molecule has 0 spiro atoms. The first kappa shape index (κ1) is 33.6. The van der Waals surface area contributed by atoms with Crippen molar-refractivity contribution in [3.05, 3.63) is 47.7 Å². The summed E-state index contributed by atoms with van der Waals surface area (Å²) >= 11 is 0. The van der Waals surface area contributed by atoms with Crippen molar-refractivity contribution < 1.29 is 18.1 Å². The molecule has 3 fully saturated rings. The number of allylic oxidation sites excluding steroid dienone is 2. The van der Waals surface area contributed by atoms with Gasteiger partial charge in [-0.2, -0.15) is 4.39 Å². The van der Waals surface area contributed by atoms with Gasteiger partial charge in [0, 0.05) is 87.3 Å². The third-order valence-electron chi connectivity index (χ3n) is 8.56. The Kier molecular flexibility index (Phi) is 13.2.